The molecule has 2 aromatic heterocycles. The maximum atomic E-state index is 12.6. The van der Waals surface area contributed by atoms with E-state index in [9.17, 15) is 53.4 Å². The van der Waals surface area contributed by atoms with E-state index in [-0.39, 0.29) is 29.1 Å². The molecule has 3 aliphatic heterocycles. The van der Waals surface area contributed by atoms with Gasteiger partial charge < -0.3 is 55.8 Å². The molecule has 2 aromatic rings. The third-order valence-electron chi connectivity index (χ3n) is 7.29. The number of phosphoric ester groups is 3. The van der Waals surface area contributed by atoms with Crippen LogP contribution in [0.25, 0.3) is 11.2 Å². The van der Waals surface area contributed by atoms with Crippen LogP contribution in [-0.2, 0) is 45.8 Å². The molecule has 0 bridgehead atoms. The molecule has 266 valence electrons. The van der Waals surface area contributed by atoms with Crippen LogP contribution in [0.2, 0.25) is 0 Å². The van der Waals surface area contributed by atoms with Gasteiger partial charge in [0.05, 0.1) is 31.3 Å². The summed E-state index contributed by atoms with van der Waals surface area (Å²) in [4.78, 5) is 62.6. The molecule has 2 fully saturated rings. The largest absolute Gasteiger partial charge is 0.481 e. The van der Waals surface area contributed by atoms with E-state index in [1.54, 1.807) is 0 Å². The Labute approximate surface area is 268 Å². The first-order valence-electron chi connectivity index (χ1n) is 13.6. The van der Waals surface area contributed by atoms with Crippen LogP contribution in [0.3, 0.4) is 0 Å². The fourth-order valence-corrected chi connectivity index (χ4v) is 7.74. The number of ether oxygens (including phenoxy) is 2. The number of amides is 1. The number of carbonyl (C=O) groups excluding carboxylic acids is 1. The number of hydrogen-bond donors (Lipinski definition) is 10. The summed E-state index contributed by atoms with van der Waals surface area (Å²) in [5, 5.41) is 31.6. The third-order valence-corrected chi connectivity index (χ3v) is 10.4. The Hall–Kier alpha value is -2.57. The molecular weight excluding hydrogens is 715 g/mol. The lowest BCUT2D eigenvalue weighted by Crippen LogP contribution is -3.13. The zero-order valence-electron chi connectivity index (χ0n) is 24.1. The number of nitrogens with two attached hydrogens (primary N) is 2. The fraction of sp³-hybridized carbons (Fsp3) is 0.524. The molecule has 0 aromatic carbocycles. The number of primary amides is 1. The van der Waals surface area contributed by atoms with Gasteiger partial charge in [0.1, 0.15) is 48.9 Å². The molecule has 5 rings (SSSR count). The van der Waals surface area contributed by atoms with Crippen molar-refractivity contribution in [2.24, 2.45) is 5.73 Å². The number of aliphatic hydroxyl groups is 3. The highest BCUT2D eigenvalue weighted by molar-refractivity contribution is 7.61. The van der Waals surface area contributed by atoms with E-state index in [2.05, 4.69) is 19.3 Å². The van der Waals surface area contributed by atoms with Crippen LogP contribution in [0.4, 0.5) is 5.82 Å². The number of rotatable bonds is 13. The SMILES string of the molecule is NC(=O)C1=CC=C[NH+]([C@@H]2O[C@H](COP(=O)(O)OP(=O)(O)OC[C@H]3O[C@@H](n4cnc5c(N)ncnc54)[C@H](OP(=O)(O)O)[C@@H]3O)[C@@H](O)[C@H]2O)C1. The Morgan fingerprint density at radius 2 is 1.62 bits per heavy atom. The van der Waals surface area contributed by atoms with Crippen molar-refractivity contribution in [3.05, 3.63) is 36.6 Å². The Morgan fingerprint density at radius 3 is 2.25 bits per heavy atom. The smallest absolute Gasteiger partial charge is 0.387 e. The topological polar surface area (TPSA) is 365 Å². The highest BCUT2D eigenvalue weighted by Crippen LogP contribution is 2.61. The van der Waals surface area contributed by atoms with Crippen molar-refractivity contribution in [2.45, 2.75) is 49.1 Å². The van der Waals surface area contributed by atoms with E-state index in [1.807, 2.05) is 0 Å². The summed E-state index contributed by atoms with van der Waals surface area (Å²) in [5.74, 6) is -0.769. The molecular formula is C21H31N7O17P3+. The number of nitrogens with zero attached hydrogens (tertiary/aromatic N) is 4. The van der Waals surface area contributed by atoms with Gasteiger partial charge in [0.25, 0.3) is 0 Å². The maximum Gasteiger partial charge on any atom is 0.481 e. The number of nitrogens with one attached hydrogen (secondary N) is 1. The summed E-state index contributed by atoms with van der Waals surface area (Å²) >= 11 is 0. The van der Waals surface area contributed by atoms with E-state index in [0.717, 1.165) is 17.2 Å². The molecule has 27 heteroatoms. The molecule has 11 atom stereocenters. The number of imidazole rings is 1. The van der Waals surface area contributed by atoms with Crippen molar-refractivity contribution in [3.63, 3.8) is 0 Å². The van der Waals surface area contributed by atoms with Crippen LogP contribution in [0.5, 0.6) is 0 Å². The second-order valence-electron chi connectivity index (χ2n) is 10.6. The zero-order valence-corrected chi connectivity index (χ0v) is 26.8. The normalized spacial score (nSPS) is 33.4. The zero-order chi connectivity index (χ0) is 35.2. The van der Waals surface area contributed by atoms with Gasteiger partial charge in [0.2, 0.25) is 12.1 Å². The van der Waals surface area contributed by atoms with Crippen molar-refractivity contribution >= 4 is 46.4 Å². The van der Waals surface area contributed by atoms with Crippen molar-refractivity contribution < 1.29 is 85.6 Å². The Balaban J connectivity index is 1.19. The lowest BCUT2D eigenvalue weighted by atomic mass is 10.1. The minimum Gasteiger partial charge on any atom is -0.387 e. The van der Waals surface area contributed by atoms with Gasteiger partial charge >= 0.3 is 23.5 Å². The number of fused-ring (bicyclic) bond motifs is 1. The van der Waals surface area contributed by atoms with Crippen LogP contribution in [0.1, 0.15) is 6.23 Å². The predicted molar refractivity (Wildman–Crippen MR) is 152 cm³/mol. The van der Waals surface area contributed by atoms with Crippen molar-refractivity contribution in [1.82, 2.24) is 19.5 Å². The van der Waals surface area contributed by atoms with Gasteiger partial charge in [-0.05, 0) is 12.2 Å². The number of phosphoric acid groups is 3. The number of nitrogen functional groups attached to an aromatic ring is 1. The molecule has 0 saturated carbocycles. The maximum absolute atomic E-state index is 12.6. The molecule has 24 nitrogen and oxygen atoms in total. The Bertz CT molecular complexity index is 1740. The van der Waals surface area contributed by atoms with E-state index >= 15 is 0 Å². The van der Waals surface area contributed by atoms with Crippen LogP contribution in [0.15, 0.2) is 36.6 Å². The van der Waals surface area contributed by atoms with E-state index in [0.29, 0.717) is 4.90 Å². The summed E-state index contributed by atoms with van der Waals surface area (Å²) in [7, 11) is -16.2. The molecule has 3 aliphatic rings. The average molecular weight is 746 g/mol. The fourth-order valence-electron chi connectivity index (χ4n) is 5.10. The quantitative estimate of drug-likeness (QED) is 0.0866. The van der Waals surface area contributed by atoms with E-state index in [1.165, 1.54) is 18.4 Å². The molecule has 0 radical (unpaired) electrons. The van der Waals surface area contributed by atoms with Crippen LogP contribution in [-0.4, -0.2) is 123 Å². The first-order chi connectivity index (χ1) is 22.4. The lowest BCUT2D eigenvalue weighted by molar-refractivity contribution is -0.898. The molecule has 0 spiro atoms. The first kappa shape index (κ1) is 36.7. The molecule has 5 heterocycles. The van der Waals surface area contributed by atoms with E-state index in [4.69, 9.17) is 34.5 Å². The number of aromatic nitrogens is 4. The van der Waals surface area contributed by atoms with Gasteiger partial charge in [-0.15, -0.1) is 0 Å². The number of hydrogen-bond acceptors (Lipinski definition) is 17. The Morgan fingerprint density at radius 1 is 0.979 bits per heavy atom. The van der Waals surface area contributed by atoms with Crippen LogP contribution < -0.4 is 16.4 Å². The van der Waals surface area contributed by atoms with Gasteiger partial charge in [-0.2, -0.15) is 4.31 Å². The summed E-state index contributed by atoms with van der Waals surface area (Å²) in [5.41, 5.74) is 11.3. The Kier molecular flexibility index (Phi) is 10.7. The molecule has 1 amide bonds. The minimum absolute atomic E-state index is 0.00522. The summed E-state index contributed by atoms with van der Waals surface area (Å²) in [6.07, 6.45) is -6.22. The van der Waals surface area contributed by atoms with Crippen molar-refractivity contribution in [2.75, 3.05) is 25.5 Å². The monoisotopic (exact) mass is 746 g/mol. The first-order valence-corrected chi connectivity index (χ1v) is 18.1. The summed E-state index contributed by atoms with van der Waals surface area (Å²) < 4.78 is 67.3. The number of quaternary nitrogens is 1. The van der Waals surface area contributed by atoms with Gasteiger partial charge in [-0.1, -0.05) is 0 Å². The number of carbonyl (C=O) groups is 1. The lowest BCUT2D eigenvalue weighted by Gasteiger charge is -2.25. The number of aliphatic hydroxyl groups excluding tert-OH is 3. The van der Waals surface area contributed by atoms with Crippen molar-refractivity contribution in [3.8, 4) is 0 Å². The number of allylic oxidation sites excluding steroid dienone is 2. The van der Waals surface area contributed by atoms with E-state index < -0.39 is 91.7 Å². The van der Waals surface area contributed by atoms with Gasteiger partial charge in [0.15, 0.2) is 23.8 Å². The van der Waals surface area contributed by atoms with Crippen LogP contribution in [0, 0.1) is 0 Å². The molecule has 0 aliphatic carbocycles. The minimum atomic E-state index is -5.51. The predicted octanol–water partition coefficient (Wildman–Crippen LogP) is -4.33. The standard InChI is InChI=1S/C21H30N7O17P3/c22-17-12-19(25-7-24-17)28(8-26-12)21-16(44-46(33,34)35)14(30)11(43-21)6-41-48(38,39)45-47(36,37)40-5-10-13(29)15(31)20(42-10)27-3-1-2-9(4-27)18(23)32/h1-3,7-8,10-11,13-16,20-21,29-31H,4-6H2,(H2,23,32)(H,36,37)(H,38,39)(H2,22,24,25)(H2,33,34,35)/p+1/t10-,11-,13-,14-,15-,16-,20-,21-/m1/s1. The summed E-state index contributed by atoms with van der Waals surface area (Å²) in [6, 6.07) is 0. The van der Waals surface area contributed by atoms with Gasteiger partial charge in [-0.25, -0.2) is 28.6 Å². The highest BCUT2D eigenvalue weighted by Gasteiger charge is 2.51. The highest BCUT2D eigenvalue weighted by atomic mass is 31.3. The molecule has 3 unspecified atom stereocenters. The van der Waals surface area contributed by atoms with Crippen molar-refractivity contribution in [1.29, 1.82) is 0 Å². The second kappa shape index (κ2) is 14.0. The average Bonchev–Trinajstić information content (AvgIpc) is 3.64. The molecule has 48 heavy (non-hydrogen) atoms. The van der Waals surface area contributed by atoms with Gasteiger partial charge in [0, 0.05) is 0 Å². The molecule has 2 saturated heterocycles. The molecule has 12 N–H and O–H groups in total. The van der Waals surface area contributed by atoms with Gasteiger partial charge in [-0.3, -0.25) is 27.8 Å². The number of anilines is 1. The third kappa shape index (κ3) is 8.24. The summed E-state index contributed by atoms with van der Waals surface area (Å²) in [6.45, 7) is -2.00. The second-order valence-corrected chi connectivity index (χ2v) is 14.8. The van der Waals surface area contributed by atoms with Crippen LogP contribution >= 0.6 is 23.5 Å².